The van der Waals surface area contributed by atoms with Gasteiger partial charge in [0.1, 0.15) is 17.0 Å². The highest BCUT2D eigenvalue weighted by Crippen LogP contribution is 2.45. The molecule has 0 aliphatic heterocycles. The van der Waals surface area contributed by atoms with Gasteiger partial charge in [0.2, 0.25) is 0 Å². The minimum atomic E-state index is 0.673. The first kappa shape index (κ1) is 28.3. The lowest BCUT2D eigenvalue weighted by molar-refractivity contribution is 0.673. The number of aromatic nitrogens is 3. The highest BCUT2D eigenvalue weighted by Gasteiger charge is 2.24. The lowest BCUT2D eigenvalue weighted by atomic mass is 9.96. The molecule has 0 radical (unpaired) electrons. The molecular weight excluding hydrogens is 611 g/mol. The van der Waals surface area contributed by atoms with E-state index < -0.39 is 0 Å². The number of rotatable bonds is 5. The number of hydrogen-bond donors (Lipinski definition) is 0. The van der Waals surface area contributed by atoms with Crippen LogP contribution in [0.25, 0.3) is 94.5 Å². The molecular formula is C46H29N3O. The Balaban J connectivity index is 1.33. The molecule has 10 rings (SSSR count). The monoisotopic (exact) mass is 639 g/mol. The topological polar surface area (TPSA) is 43.9 Å². The van der Waals surface area contributed by atoms with Crippen LogP contribution in [0.3, 0.4) is 0 Å². The fraction of sp³-hybridized carbons (Fsp3) is 0. The number of fused-ring (bicyclic) bond motifs is 7. The Labute approximate surface area is 288 Å². The van der Waals surface area contributed by atoms with E-state index in [2.05, 4.69) is 150 Å². The molecule has 4 heteroatoms. The van der Waals surface area contributed by atoms with E-state index in [0.29, 0.717) is 5.82 Å². The summed E-state index contributed by atoms with van der Waals surface area (Å²) in [6.45, 7) is 0. The Morgan fingerprint density at radius 2 is 1.02 bits per heavy atom. The molecule has 10 aromatic rings. The van der Waals surface area contributed by atoms with Gasteiger partial charge in [-0.2, -0.15) is 0 Å². The number of furan rings is 1. The fourth-order valence-corrected chi connectivity index (χ4v) is 7.28. The van der Waals surface area contributed by atoms with Gasteiger partial charge in [-0.25, -0.2) is 9.97 Å². The predicted octanol–water partition coefficient (Wildman–Crippen LogP) is 12.1. The molecule has 0 spiro atoms. The summed E-state index contributed by atoms with van der Waals surface area (Å²) in [7, 11) is 0. The van der Waals surface area contributed by atoms with Crippen LogP contribution in [0.5, 0.6) is 0 Å². The van der Waals surface area contributed by atoms with Crippen LogP contribution in [0, 0.1) is 0 Å². The highest BCUT2D eigenvalue weighted by atomic mass is 16.3. The maximum Gasteiger partial charge on any atom is 0.162 e. The first-order chi connectivity index (χ1) is 24.8. The van der Waals surface area contributed by atoms with E-state index in [1.165, 1.54) is 11.1 Å². The van der Waals surface area contributed by atoms with Crippen LogP contribution < -0.4 is 0 Å². The van der Waals surface area contributed by atoms with Gasteiger partial charge in [0.25, 0.3) is 0 Å². The summed E-state index contributed by atoms with van der Waals surface area (Å²) in [5.74, 6) is 1.47. The maximum absolute atomic E-state index is 6.73. The van der Waals surface area contributed by atoms with Crippen LogP contribution in [0.4, 0.5) is 0 Å². The molecule has 0 amide bonds. The van der Waals surface area contributed by atoms with Gasteiger partial charge in [-0.05, 0) is 34.9 Å². The zero-order chi connectivity index (χ0) is 33.0. The van der Waals surface area contributed by atoms with Crippen LogP contribution >= 0.6 is 0 Å². The van der Waals surface area contributed by atoms with Crippen LogP contribution in [0.2, 0.25) is 0 Å². The number of benzene rings is 7. The van der Waals surface area contributed by atoms with Gasteiger partial charge in [0, 0.05) is 38.9 Å². The molecule has 0 saturated heterocycles. The van der Waals surface area contributed by atoms with Crippen molar-refractivity contribution in [2.24, 2.45) is 0 Å². The molecule has 3 aromatic heterocycles. The van der Waals surface area contributed by atoms with Crippen molar-refractivity contribution >= 4 is 43.7 Å². The standard InChI is InChI=1S/C46H29N3O/c1-4-14-30(15-5-1)31-24-26-32(27-25-31)37-28-38-35-20-11-13-23-41(35)50-45(38)43-36-21-10-12-22-40(36)49(44(37)43)42-29-39(33-16-6-2-7-17-33)47-46(48-42)34-18-8-3-9-19-34/h1-29H. The number of hydrogen-bond acceptors (Lipinski definition) is 3. The number of nitrogens with zero attached hydrogens (tertiary/aromatic N) is 3. The van der Waals surface area contributed by atoms with Gasteiger partial charge in [0.05, 0.1) is 22.1 Å². The lowest BCUT2D eigenvalue weighted by Crippen LogP contribution is -2.03. The van der Waals surface area contributed by atoms with Crippen LogP contribution in [0.1, 0.15) is 0 Å². The first-order valence-electron chi connectivity index (χ1n) is 16.8. The molecule has 0 unspecified atom stereocenters. The molecule has 50 heavy (non-hydrogen) atoms. The van der Waals surface area contributed by atoms with Crippen molar-refractivity contribution in [1.29, 1.82) is 0 Å². The molecule has 0 aliphatic carbocycles. The van der Waals surface area contributed by atoms with Crippen LogP contribution in [0.15, 0.2) is 180 Å². The van der Waals surface area contributed by atoms with Crippen molar-refractivity contribution in [3.05, 3.63) is 176 Å². The Bertz CT molecular complexity index is 2780. The third kappa shape index (κ3) is 4.54. The molecule has 7 aromatic carbocycles. The summed E-state index contributed by atoms with van der Waals surface area (Å²) in [4.78, 5) is 10.4. The summed E-state index contributed by atoms with van der Waals surface area (Å²) in [5, 5.41) is 4.37. The van der Waals surface area contributed by atoms with Crippen molar-refractivity contribution in [1.82, 2.24) is 14.5 Å². The summed E-state index contributed by atoms with van der Waals surface area (Å²) in [6, 6.07) is 61.3. The average Bonchev–Trinajstić information content (AvgIpc) is 3.75. The summed E-state index contributed by atoms with van der Waals surface area (Å²) in [6.07, 6.45) is 0. The first-order valence-corrected chi connectivity index (χ1v) is 16.8. The van der Waals surface area contributed by atoms with E-state index >= 15 is 0 Å². The van der Waals surface area contributed by atoms with Gasteiger partial charge >= 0.3 is 0 Å². The van der Waals surface area contributed by atoms with Gasteiger partial charge in [-0.15, -0.1) is 0 Å². The molecule has 0 fully saturated rings. The molecule has 0 bridgehead atoms. The van der Waals surface area contributed by atoms with E-state index in [-0.39, 0.29) is 0 Å². The second-order valence-electron chi connectivity index (χ2n) is 12.6. The second-order valence-corrected chi connectivity index (χ2v) is 12.6. The van der Waals surface area contributed by atoms with E-state index in [1.807, 2.05) is 30.3 Å². The summed E-state index contributed by atoms with van der Waals surface area (Å²) in [5.41, 5.74) is 11.3. The molecule has 0 N–H and O–H groups in total. The van der Waals surface area contributed by atoms with E-state index in [1.54, 1.807) is 0 Å². The largest absolute Gasteiger partial charge is 0.455 e. The smallest absolute Gasteiger partial charge is 0.162 e. The molecule has 0 atom stereocenters. The van der Waals surface area contributed by atoms with E-state index in [9.17, 15) is 0 Å². The Morgan fingerprint density at radius 3 is 1.76 bits per heavy atom. The normalized spacial score (nSPS) is 11.6. The van der Waals surface area contributed by atoms with Gasteiger partial charge in [-0.3, -0.25) is 4.57 Å². The fourth-order valence-electron chi connectivity index (χ4n) is 7.28. The molecule has 0 saturated carbocycles. The Hall–Kier alpha value is -6.78. The minimum Gasteiger partial charge on any atom is -0.455 e. The molecule has 0 aliphatic rings. The van der Waals surface area contributed by atoms with Crippen molar-refractivity contribution in [2.75, 3.05) is 0 Å². The third-order valence-electron chi connectivity index (χ3n) is 9.63. The van der Waals surface area contributed by atoms with Crippen molar-refractivity contribution in [2.45, 2.75) is 0 Å². The highest BCUT2D eigenvalue weighted by molar-refractivity contribution is 6.27. The second kappa shape index (κ2) is 11.4. The Morgan fingerprint density at radius 1 is 0.440 bits per heavy atom. The number of para-hydroxylation sites is 2. The van der Waals surface area contributed by atoms with Crippen LogP contribution in [-0.2, 0) is 0 Å². The molecule has 3 heterocycles. The van der Waals surface area contributed by atoms with Gasteiger partial charge in [-0.1, -0.05) is 152 Å². The predicted molar refractivity (Wildman–Crippen MR) is 205 cm³/mol. The van der Waals surface area contributed by atoms with Crippen molar-refractivity contribution in [3.8, 4) is 50.7 Å². The third-order valence-corrected chi connectivity index (χ3v) is 9.63. The summed E-state index contributed by atoms with van der Waals surface area (Å²) >= 11 is 0. The van der Waals surface area contributed by atoms with E-state index in [4.69, 9.17) is 14.4 Å². The van der Waals surface area contributed by atoms with E-state index in [0.717, 1.165) is 77.5 Å². The lowest BCUT2D eigenvalue weighted by Gasteiger charge is -2.14. The molecule has 4 nitrogen and oxygen atoms in total. The quantitative estimate of drug-likeness (QED) is 0.188. The Kier molecular flexibility index (Phi) is 6.46. The average molecular weight is 640 g/mol. The zero-order valence-electron chi connectivity index (χ0n) is 27.0. The van der Waals surface area contributed by atoms with Gasteiger partial charge in [0.15, 0.2) is 5.82 Å². The maximum atomic E-state index is 6.73. The van der Waals surface area contributed by atoms with Crippen LogP contribution in [-0.4, -0.2) is 14.5 Å². The van der Waals surface area contributed by atoms with Crippen molar-refractivity contribution in [3.63, 3.8) is 0 Å². The SMILES string of the molecule is c1ccc(-c2ccc(-c3cc4c5ccccc5oc4c4c5ccccc5n(-c5cc(-c6ccccc6)nc(-c6ccccc6)n5)c34)cc2)cc1. The minimum absolute atomic E-state index is 0.673. The summed E-state index contributed by atoms with van der Waals surface area (Å²) < 4.78 is 9.03. The zero-order valence-corrected chi connectivity index (χ0v) is 27.0. The van der Waals surface area contributed by atoms with Crippen molar-refractivity contribution < 1.29 is 4.42 Å². The molecule has 234 valence electrons. The van der Waals surface area contributed by atoms with Gasteiger partial charge < -0.3 is 4.42 Å².